The minimum Gasteiger partial charge on any atom is -0.496 e. The van der Waals surface area contributed by atoms with Gasteiger partial charge < -0.3 is 10.1 Å². The lowest BCUT2D eigenvalue weighted by Crippen LogP contribution is -2.41. The first-order chi connectivity index (χ1) is 11.7. The highest BCUT2D eigenvalue weighted by atomic mass is 32.2. The average Bonchev–Trinajstić information content (AvgIpc) is 2.54. The summed E-state index contributed by atoms with van der Waals surface area (Å²) >= 11 is 0. The van der Waals surface area contributed by atoms with Gasteiger partial charge in [-0.25, -0.2) is 12.8 Å². The van der Waals surface area contributed by atoms with Crippen molar-refractivity contribution in [2.75, 3.05) is 12.4 Å². The van der Waals surface area contributed by atoms with E-state index >= 15 is 0 Å². The fourth-order valence-electron chi connectivity index (χ4n) is 2.19. The lowest BCUT2D eigenvalue weighted by Gasteiger charge is -2.15. The molecule has 0 aliphatic carbocycles. The van der Waals surface area contributed by atoms with E-state index in [4.69, 9.17) is 4.74 Å². The Morgan fingerprint density at radius 1 is 1.20 bits per heavy atom. The maximum absolute atomic E-state index is 13.1. The molecule has 2 aromatic carbocycles. The number of hydrogen-bond acceptors (Lipinski definition) is 4. The van der Waals surface area contributed by atoms with E-state index in [1.54, 1.807) is 13.0 Å². The van der Waals surface area contributed by atoms with Crippen molar-refractivity contribution in [3.8, 4) is 5.75 Å². The second kappa shape index (κ2) is 7.62. The average molecular weight is 366 g/mol. The number of benzene rings is 2. The van der Waals surface area contributed by atoms with Gasteiger partial charge >= 0.3 is 0 Å². The summed E-state index contributed by atoms with van der Waals surface area (Å²) < 4.78 is 45.4. The van der Waals surface area contributed by atoms with Gasteiger partial charge in [-0.15, -0.1) is 0 Å². The molecule has 0 saturated heterocycles. The number of rotatable bonds is 6. The van der Waals surface area contributed by atoms with Gasteiger partial charge in [0.1, 0.15) is 11.6 Å². The number of sulfonamides is 1. The third-order valence-corrected chi connectivity index (χ3v) is 5.03. The number of methoxy groups -OCH3 is 1. The molecule has 2 aromatic rings. The third kappa shape index (κ3) is 4.77. The molecule has 0 aliphatic heterocycles. The zero-order valence-corrected chi connectivity index (χ0v) is 14.9. The Morgan fingerprint density at radius 2 is 1.92 bits per heavy atom. The van der Waals surface area contributed by atoms with Crippen molar-refractivity contribution in [1.82, 2.24) is 4.72 Å². The van der Waals surface area contributed by atoms with Crippen molar-refractivity contribution in [1.29, 1.82) is 0 Å². The Kier molecular flexibility index (Phi) is 5.76. The molecular formula is C17H19FN2O4S. The van der Waals surface area contributed by atoms with Gasteiger partial charge in [-0.05, 0) is 55.8 Å². The quantitative estimate of drug-likeness (QED) is 0.822. The Bertz CT molecular complexity index is 884. The van der Waals surface area contributed by atoms with E-state index in [-0.39, 0.29) is 10.6 Å². The van der Waals surface area contributed by atoms with Gasteiger partial charge in [-0.3, -0.25) is 4.79 Å². The van der Waals surface area contributed by atoms with Crippen molar-refractivity contribution in [2.45, 2.75) is 24.8 Å². The van der Waals surface area contributed by atoms with Gasteiger partial charge in [0.15, 0.2) is 0 Å². The normalized spacial score (nSPS) is 12.5. The number of halogens is 1. The number of ether oxygens (including phenoxy) is 1. The van der Waals surface area contributed by atoms with E-state index in [9.17, 15) is 17.6 Å². The van der Waals surface area contributed by atoms with Gasteiger partial charge in [0.25, 0.3) is 0 Å². The standard InChI is InChI=1S/C17H19FN2O4S/c1-11-9-15(7-8-16(11)24-3)25(22,23)20-12(2)17(21)19-14-6-4-5-13(18)10-14/h4-10,12,20H,1-3H3,(H,19,21)/t12-/m0/s1. The fourth-order valence-corrected chi connectivity index (χ4v) is 3.48. The fraction of sp³-hybridized carbons (Fsp3) is 0.235. The molecule has 0 radical (unpaired) electrons. The van der Waals surface area contributed by atoms with Crippen LogP contribution in [0.1, 0.15) is 12.5 Å². The Balaban J connectivity index is 2.11. The SMILES string of the molecule is COc1ccc(S(=O)(=O)N[C@@H](C)C(=O)Nc2cccc(F)c2)cc1C. The molecule has 0 aliphatic rings. The van der Waals surface area contributed by atoms with Crippen LogP contribution in [0.25, 0.3) is 0 Å². The molecule has 134 valence electrons. The zero-order valence-electron chi connectivity index (χ0n) is 14.0. The van der Waals surface area contributed by atoms with Crippen LogP contribution in [0.5, 0.6) is 5.75 Å². The Hall–Kier alpha value is -2.45. The smallest absolute Gasteiger partial charge is 0.242 e. The summed E-state index contributed by atoms with van der Waals surface area (Å²) in [5.41, 5.74) is 0.901. The van der Waals surface area contributed by atoms with Crippen LogP contribution in [0.2, 0.25) is 0 Å². The van der Waals surface area contributed by atoms with Gasteiger partial charge in [0.05, 0.1) is 18.0 Å². The molecule has 1 amide bonds. The molecule has 0 bridgehead atoms. The molecule has 0 spiro atoms. The summed E-state index contributed by atoms with van der Waals surface area (Å²) in [6, 6.07) is 8.69. The molecule has 0 fully saturated rings. The second-order valence-corrected chi connectivity index (χ2v) is 7.19. The Labute approximate surface area is 146 Å². The van der Waals surface area contributed by atoms with Crippen LogP contribution in [0.4, 0.5) is 10.1 Å². The minimum atomic E-state index is -3.89. The molecule has 25 heavy (non-hydrogen) atoms. The molecule has 0 unspecified atom stereocenters. The van der Waals surface area contributed by atoms with Crippen LogP contribution in [-0.2, 0) is 14.8 Å². The van der Waals surface area contributed by atoms with E-state index in [0.717, 1.165) is 6.07 Å². The molecule has 0 aromatic heterocycles. The number of hydrogen-bond donors (Lipinski definition) is 2. The van der Waals surface area contributed by atoms with Gasteiger partial charge in [0.2, 0.25) is 15.9 Å². The van der Waals surface area contributed by atoms with Crippen LogP contribution >= 0.6 is 0 Å². The molecule has 0 saturated carbocycles. The van der Waals surface area contributed by atoms with Crippen LogP contribution in [-0.4, -0.2) is 27.5 Å². The highest BCUT2D eigenvalue weighted by Crippen LogP contribution is 2.21. The monoisotopic (exact) mass is 366 g/mol. The summed E-state index contributed by atoms with van der Waals surface area (Å²) in [5.74, 6) is -0.532. The van der Waals surface area contributed by atoms with E-state index < -0.39 is 27.8 Å². The summed E-state index contributed by atoms with van der Waals surface area (Å²) in [6.07, 6.45) is 0. The second-order valence-electron chi connectivity index (χ2n) is 5.47. The van der Waals surface area contributed by atoms with Crippen molar-refractivity contribution in [3.63, 3.8) is 0 Å². The van der Waals surface area contributed by atoms with E-state index in [1.807, 2.05) is 0 Å². The van der Waals surface area contributed by atoms with Crippen molar-refractivity contribution < 1.29 is 22.3 Å². The van der Waals surface area contributed by atoms with E-state index in [2.05, 4.69) is 10.0 Å². The van der Waals surface area contributed by atoms with E-state index in [0.29, 0.717) is 11.3 Å². The van der Waals surface area contributed by atoms with E-state index in [1.165, 1.54) is 44.4 Å². The van der Waals surface area contributed by atoms with Crippen LogP contribution < -0.4 is 14.8 Å². The van der Waals surface area contributed by atoms with Gasteiger partial charge in [0, 0.05) is 5.69 Å². The molecule has 0 heterocycles. The lowest BCUT2D eigenvalue weighted by atomic mass is 10.2. The predicted molar refractivity (Wildman–Crippen MR) is 92.5 cm³/mol. The zero-order chi connectivity index (χ0) is 18.6. The number of carbonyl (C=O) groups excluding carboxylic acids is 1. The number of carbonyl (C=O) groups is 1. The molecule has 8 heteroatoms. The molecule has 2 rings (SSSR count). The molecule has 1 atom stereocenters. The number of amides is 1. The molecule has 6 nitrogen and oxygen atoms in total. The topological polar surface area (TPSA) is 84.5 Å². The first-order valence-electron chi connectivity index (χ1n) is 7.46. The first kappa shape index (κ1) is 18.9. The van der Waals surface area contributed by atoms with Crippen LogP contribution in [0.3, 0.4) is 0 Å². The predicted octanol–water partition coefficient (Wildman–Crippen LogP) is 2.45. The maximum Gasteiger partial charge on any atom is 0.242 e. The third-order valence-electron chi connectivity index (χ3n) is 3.49. The summed E-state index contributed by atoms with van der Waals surface area (Å²) in [7, 11) is -2.40. The molecule has 2 N–H and O–H groups in total. The van der Waals surface area contributed by atoms with Crippen molar-refractivity contribution in [3.05, 3.63) is 53.8 Å². The number of anilines is 1. The van der Waals surface area contributed by atoms with Gasteiger partial charge in [-0.1, -0.05) is 6.07 Å². The Morgan fingerprint density at radius 3 is 2.52 bits per heavy atom. The van der Waals surface area contributed by atoms with Crippen LogP contribution in [0.15, 0.2) is 47.4 Å². The molecular weight excluding hydrogens is 347 g/mol. The van der Waals surface area contributed by atoms with Gasteiger partial charge in [-0.2, -0.15) is 4.72 Å². The summed E-state index contributed by atoms with van der Waals surface area (Å²) in [4.78, 5) is 12.1. The summed E-state index contributed by atoms with van der Waals surface area (Å²) in [5, 5.41) is 2.46. The lowest BCUT2D eigenvalue weighted by molar-refractivity contribution is -0.117. The highest BCUT2D eigenvalue weighted by molar-refractivity contribution is 7.89. The summed E-state index contributed by atoms with van der Waals surface area (Å²) in [6.45, 7) is 3.13. The maximum atomic E-state index is 13.1. The number of aryl methyl sites for hydroxylation is 1. The number of nitrogens with one attached hydrogen (secondary N) is 2. The van der Waals surface area contributed by atoms with Crippen molar-refractivity contribution in [2.24, 2.45) is 0 Å². The first-order valence-corrected chi connectivity index (χ1v) is 8.94. The largest absolute Gasteiger partial charge is 0.496 e. The van der Waals surface area contributed by atoms with Crippen molar-refractivity contribution >= 4 is 21.6 Å². The minimum absolute atomic E-state index is 0.0243. The van der Waals surface area contributed by atoms with Crippen LogP contribution in [0, 0.1) is 12.7 Å². The highest BCUT2D eigenvalue weighted by Gasteiger charge is 2.22.